The van der Waals surface area contributed by atoms with Gasteiger partial charge in [-0.15, -0.1) is 0 Å². The lowest BCUT2D eigenvalue weighted by Crippen LogP contribution is -2.49. The van der Waals surface area contributed by atoms with Gasteiger partial charge in [0.1, 0.15) is 5.76 Å². The molecule has 2 rings (SSSR count). The average molecular weight is 324 g/mol. The summed E-state index contributed by atoms with van der Waals surface area (Å²) in [5.41, 5.74) is 0. The van der Waals surface area contributed by atoms with Gasteiger partial charge in [0.2, 0.25) is 0 Å². The second-order valence-corrected chi connectivity index (χ2v) is 6.08. The molecule has 1 aliphatic rings. The number of morpholine rings is 1. The molecule has 0 unspecified atom stereocenters. The molecule has 7 heteroatoms. The summed E-state index contributed by atoms with van der Waals surface area (Å²) >= 11 is 0. The zero-order chi connectivity index (χ0) is 16.7. The van der Waals surface area contributed by atoms with Gasteiger partial charge in [0.05, 0.1) is 25.5 Å². The Labute approximate surface area is 137 Å². The summed E-state index contributed by atoms with van der Waals surface area (Å²) in [5, 5.41) is 5.85. The van der Waals surface area contributed by atoms with E-state index >= 15 is 0 Å². The smallest absolute Gasteiger partial charge is 0.314 e. The first kappa shape index (κ1) is 17.8. The third-order valence-electron chi connectivity index (χ3n) is 4.18. The lowest BCUT2D eigenvalue weighted by molar-refractivity contribution is 0.0209. The number of urea groups is 1. The van der Waals surface area contributed by atoms with Crippen molar-refractivity contribution in [1.82, 2.24) is 20.4 Å². The molecule has 0 saturated carbocycles. The Balaban J connectivity index is 1.71. The number of amides is 2. The zero-order valence-corrected chi connectivity index (χ0v) is 14.2. The Kier molecular flexibility index (Phi) is 6.88. The topological polar surface area (TPSA) is 70.0 Å². The van der Waals surface area contributed by atoms with Crippen LogP contribution in [-0.4, -0.2) is 75.4 Å². The van der Waals surface area contributed by atoms with Crippen LogP contribution in [0, 0.1) is 0 Å². The Hall–Kier alpha value is -1.57. The number of likely N-dealkylation sites (N-methyl/N-ethyl adjacent to an activating group) is 1. The van der Waals surface area contributed by atoms with E-state index in [1.54, 1.807) is 6.26 Å². The molecule has 7 nitrogen and oxygen atoms in total. The normalized spacial score (nSPS) is 18.6. The summed E-state index contributed by atoms with van der Waals surface area (Å²) in [5.74, 6) is 0.844. The molecule has 0 aliphatic carbocycles. The van der Waals surface area contributed by atoms with Gasteiger partial charge < -0.3 is 19.8 Å². The highest BCUT2D eigenvalue weighted by Crippen LogP contribution is 2.17. The van der Waals surface area contributed by atoms with Crippen molar-refractivity contribution in [3.63, 3.8) is 0 Å². The lowest BCUT2D eigenvalue weighted by Gasteiger charge is -2.32. The fourth-order valence-electron chi connectivity index (χ4n) is 2.66. The maximum Gasteiger partial charge on any atom is 0.314 e. The van der Waals surface area contributed by atoms with E-state index in [9.17, 15) is 4.79 Å². The van der Waals surface area contributed by atoms with Gasteiger partial charge in [0.25, 0.3) is 0 Å². The summed E-state index contributed by atoms with van der Waals surface area (Å²) in [7, 11) is 3.93. The number of carbonyl (C=O) groups is 1. The van der Waals surface area contributed by atoms with Gasteiger partial charge in [0.15, 0.2) is 0 Å². The molecule has 2 heterocycles. The van der Waals surface area contributed by atoms with Crippen molar-refractivity contribution >= 4 is 6.03 Å². The first-order valence-electron chi connectivity index (χ1n) is 8.11. The third kappa shape index (κ3) is 5.53. The average Bonchev–Trinajstić information content (AvgIpc) is 3.07. The van der Waals surface area contributed by atoms with Crippen molar-refractivity contribution in [2.45, 2.75) is 19.0 Å². The second kappa shape index (κ2) is 8.90. The van der Waals surface area contributed by atoms with Crippen LogP contribution in [0.3, 0.4) is 0 Å². The highest BCUT2D eigenvalue weighted by atomic mass is 16.5. The van der Waals surface area contributed by atoms with Gasteiger partial charge in [-0.25, -0.2) is 4.79 Å². The van der Waals surface area contributed by atoms with Gasteiger partial charge in [0, 0.05) is 32.2 Å². The van der Waals surface area contributed by atoms with Gasteiger partial charge in [-0.1, -0.05) is 0 Å². The molecule has 2 N–H and O–H groups in total. The van der Waals surface area contributed by atoms with E-state index < -0.39 is 0 Å². The van der Waals surface area contributed by atoms with Crippen molar-refractivity contribution in [3.05, 3.63) is 24.2 Å². The summed E-state index contributed by atoms with van der Waals surface area (Å²) in [6.45, 7) is 6.63. The number of hydrogen-bond acceptors (Lipinski definition) is 5. The largest absolute Gasteiger partial charge is 0.468 e. The molecule has 130 valence electrons. The van der Waals surface area contributed by atoms with Gasteiger partial charge in [-0.2, -0.15) is 0 Å². The van der Waals surface area contributed by atoms with Crippen LogP contribution in [0.1, 0.15) is 18.7 Å². The van der Waals surface area contributed by atoms with Crippen LogP contribution in [0.4, 0.5) is 4.79 Å². The SMILES string of the molecule is C[C@H](CNC(=O)NC[C@@H](c1ccco1)N(C)C)N1CCOCC1. The van der Waals surface area contributed by atoms with Crippen molar-refractivity contribution in [3.8, 4) is 0 Å². The van der Waals surface area contributed by atoms with Crippen LogP contribution in [-0.2, 0) is 4.74 Å². The summed E-state index contributed by atoms with van der Waals surface area (Å²) < 4.78 is 10.8. The molecule has 1 aromatic rings. The number of carbonyl (C=O) groups excluding carboxylic acids is 1. The first-order valence-corrected chi connectivity index (χ1v) is 8.11. The van der Waals surface area contributed by atoms with Crippen molar-refractivity contribution < 1.29 is 13.9 Å². The minimum Gasteiger partial charge on any atom is -0.468 e. The highest BCUT2D eigenvalue weighted by Gasteiger charge is 2.19. The predicted octanol–water partition coefficient (Wildman–Crippen LogP) is 0.902. The fourth-order valence-corrected chi connectivity index (χ4v) is 2.66. The molecule has 0 bridgehead atoms. The monoisotopic (exact) mass is 324 g/mol. The van der Waals surface area contributed by atoms with E-state index in [1.807, 2.05) is 31.1 Å². The van der Waals surface area contributed by atoms with E-state index in [2.05, 4.69) is 22.5 Å². The number of nitrogens with one attached hydrogen (secondary N) is 2. The van der Waals surface area contributed by atoms with Crippen LogP contribution < -0.4 is 10.6 Å². The molecule has 2 amide bonds. The molecule has 1 aromatic heterocycles. The molecule has 0 radical (unpaired) electrons. The lowest BCUT2D eigenvalue weighted by atomic mass is 10.2. The molecule has 23 heavy (non-hydrogen) atoms. The van der Waals surface area contributed by atoms with Crippen molar-refractivity contribution in [1.29, 1.82) is 0 Å². The Morgan fingerprint density at radius 3 is 2.61 bits per heavy atom. The Morgan fingerprint density at radius 1 is 1.30 bits per heavy atom. The number of furan rings is 1. The number of rotatable bonds is 7. The molecule has 0 aromatic carbocycles. The molecular weight excluding hydrogens is 296 g/mol. The highest BCUT2D eigenvalue weighted by molar-refractivity contribution is 5.73. The van der Waals surface area contributed by atoms with Gasteiger partial charge in [-0.05, 0) is 33.2 Å². The number of ether oxygens (including phenoxy) is 1. The number of hydrogen-bond donors (Lipinski definition) is 2. The summed E-state index contributed by atoms with van der Waals surface area (Å²) in [4.78, 5) is 16.4. The van der Waals surface area contributed by atoms with Crippen molar-refractivity contribution in [2.75, 3.05) is 53.5 Å². The van der Waals surface area contributed by atoms with E-state index in [4.69, 9.17) is 9.15 Å². The summed E-state index contributed by atoms with van der Waals surface area (Å²) in [6.07, 6.45) is 1.65. The zero-order valence-electron chi connectivity index (χ0n) is 14.2. The Morgan fingerprint density at radius 2 is 2.00 bits per heavy atom. The minimum atomic E-state index is -0.150. The quantitative estimate of drug-likeness (QED) is 0.780. The number of nitrogens with zero attached hydrogens (tertiary/aromatic N) is 2. The predicted molar refractivity (Wildman–Crippen MR) is 88.4 cm³/mol. The molecule has 0 spiro atoms. The van der Waals surface area contributed by atoms with E-state index in [0.717, 1.165) is 32.1 Å². The minimum absolute atomic E-state index is 0.0208. The van der Waals surface area contributed by atoms with E-state index in [1.165, 1.54) is 0 Å². The van der Waals surface area contributed by atoms with E-state index in [-0.39, 0.29) is 12.1 Å². The molecular formula is C16H28N4O3. The maximum absolute atomic E-state index is 12.0. The maximum atomic E-state index is 12.0. The van der Waals surface area contributed by atoms with E-state index in [0.29, 0.717) is 19.1 Å². The molecule has 1 aliphatic heterocycles. The van der Waals surface area contributed by atoms with Crippen LogP contribution in [0.5, 0.6) is 0 Å². The van der Waals surface area contributed by atoms with Gasteiger partial charge in [-0.3, -0.25) is 9.80 Å². The van der Waals surface area contributed by atoms with Crippen LogP contribution in [0.2, 0.25) is 0 Å². The summed E-state index contributed by atoms with van der Waals surface area (Å²) in [6, 6.07) is 3.95. The fraction of sp³-hybridized carbons (Fsp3) is 0.688. The van der Waals surface area contributed by atoms with Crippen molar-refractivity contribution in [2.24, 2.45) is 0 Å². The van der Waals surface area contributed by atoms with Gasteiger partial charge >= 0.3 is 6.03 Å². The van der Waals surface area contributed by atoms with Crippen LogP contribution in [0.15, 0.2) is 22.8 Å². The third-order valence-corrected chi connectivity index (χ3v) is 4.18. The standard InChI is InChI=1S/C16H28N4O3/c1-13(20-6-9-22-10-7-20)11-17-16(21)18-12-14(19(2)3)15-5-4-8-23-15/h4-5,8,13-14H,6-7,9-12H2,1-3H3,(H2,17,18,21)/t13-,14+/m1/s1. The first-order chi connectivity index (χ1) is 11.1. The van der Waals surface area contributed by atoms with Crippen LogP contribution >= 0.6 is 0 Å². The second-order valence-electron chi connectivity index (χ2n) is 6.08. The molecule has 1 saturated heterocycles. The molecule has 2 atom stereocenters. The molecule has 1 fully saturated rings. The Bertz CT molecular complexity index is 458. The van der Waals surface area contributed by atoms with Crippen LogP contribution in [0.25, 0.3) is 0 Å².